The van der Waals surface area contributed by atoms with E-state index < -0.39 is 28.3 Å². The van der Waals surface area contributed by atoms with Gasteiger partial charge in [0, 0.05) is 5.69 Å². The molecule has 34 heavy (non-hydrogen) atoms. The molecular formula is C26H29FN2O4S. The van der Waals surface area contributed by atoms with Gasteiger partial charge in [-0.1, -0.05) is 32.0 Å². The van der Waals surface area contributed by atoms with E-state index in [0.29, 0.717) is 18.0 Å². The zero-order chi connectivity index (χ0) is 24.7. The lowest BCUT2D eigenvalue weighted by Gasteiger charge is -2.25. The summed E-state index contributed by atoms with van der Waals surface area (Å²) in [7, 11) is -4.12. The van der Waals surface area contributed by atoms with Crippen LogP contribution in [0.2, 0.25) is 0 Å². The Morgan fingerprint density at radius 3 is 2.03 bits per heavy atom. The van der Waals surface area contributed by atoms with Crippen molar-refractivity contribution >= 4 is 27.3 Å². The molecule has 6 nitrogen and oxygen atoms in total. The van der Waals surface area contributed by atoms with Crippen molar-refractivity contribution in [2.24, 2.45) is 0 Å². The fourth-order valence-corrected chi connectivity index (χ4v) is 5.06. The minimum Gasteiger partial charge on any atom is -0.494 e. The van der Waals surface area contributed by atoms with Gasteiger partial charge in [0.05, 0.1) is 17.2 Å². The number of ether oxygens (including phenoxy) is 1. The van der Waals surface area contributed by atoms with E-state index in [2.05, 4.69) is 5.32 Å². The van der Waals surface area contributed by atoms with Gasteiger partial charge in [0.15, 0.2) is 0 Å². The molecule has 0 aliphatic heterocycles. The van der Waals surface area contributed by atoms with Gasteiger partial charge in [-0.3, -0.25) is 9.10 Å². The SMILES string of the molecule is CCOc1ccc(S(=O)(=O)N(CC(=O)Nc2c(CC)cccc2CC)c2ccc(F)cc2)cc1. The number of aryl methyl sites for hydroxylation is 2. The van der Waals surface area contributed by atoms with Gasteiger partial charge in [-0.15, -0.1) is 0 Å². The van der Waals surface area contributed by atoms with Crippen molar-refractivity contribution in [1.82, 2.24) is 0 Å². The smallest absolute Gasteiger partial charge is 0.264 e. The van der Waals surface area contributed by atoms with Crippen molar-refractivity contribution in [1.29, 1.82) is 0 Å². The number of para-hydroxylation sites is 1. The molecule has 3 aromatic carbocycles. The van der Waals surface area contributed by atoms with Crippen LogP contribution in [0.5, 0.6) is 5.75 Å². The van der Waals surface area contributed by atoms with Crippen LogP contribution in [0, 0.1) is 5.82 Å². The van der Waals surface area contributed by atoms with Crippen LogP contribution in [0.4, 0.5) is 15.8 Å². The molecule has 0 aliphatic rings. The van der Waals surface area contributed by atoms with Crippen LogP contribution in [0.3, 0.4) is 0 Å². The Morgan fingerprint density at radius 2 is 1.50 bits per heavy atom. The van der Waals surface area contributed by atoms with Crippen molar-refractivity contribution in [2.45, 2.75) is 38.5 Å². The first-order valence-corrected chi connectivity index (χ1v) is 12.7. The number of anilines is 2. The van der Waals surface area contributed by atoms with E-state index in [4.69, 9.17) is 4.74 Å². The first-order chi connectivity index (χ1) is 16.3. The molecule has 8 heteroatoms. The first-order valence-electron chi connectivity index (χ1n) is 11.2. The van der Waals surface area contributed by atoms with Gasteiger partial charge in [0.1, 0.15) is 18.1 Å². The minimum absolute atomic E-state index is 0.00344. The van der Waals surface area contributed by atoms with Crippen molar-refractivity contribution in [3.63, 3.8) is 0 Å². The van der Waals surface area contributed by atoms with Gasteiger partial charge in [-0.05, 0) is 79.4 Å². The van der Waals surface area contributed by atoms with Crippen LogP contribution in [-0.2, 0) is 27.7 Å². The third kappa shape index (κ3) is 5.75. The first kappa shape index (κ1) is 25.2. The number of benzene rings is 3. The third-order valence-corrected chi connectivity index (χ3v) is 7.18. The fraction of sp³-hybridized carbons (Fsp3) is 0.269. The number of hydrogen-bond acceptors (Lipinski definition) is 4. The topological polar surface area (TPSA) is 75.7 Å². The predicted molar refractivity (Wildman–Crippen MR) is 132 cm³/mol. The molecule has 0 bridgehead atoms. The highest BCUT2D eigenvalue weighted by Gasteiger charge is 2.28. The van der Waals surface area contributed by atoms with Crippen LogP contribution >= 0.6 is 0 Å². The lowest BCUT2D eigenvalue weighted by Crippen LogP contribution is -2.38. The van der Waals surface area contributed by atoms with E-state index >= 15 is 0 Å². The summed E-state index contributed by atoms with van der Waals surface area (Å²) in [6.07, 6.45) is 1.44. The molecule has 0 unspecified atom stereocenters. The molecule has 0 saturated carbocycles. The molecule has 0 fully saturated rings. The summed E-state index contributed by atoms with van der Waals surface area (Å²) in [5, 5.41) is 2.90. The number of nitrogens with zero attached hydrogens (tertiary/aromatic N) is 1. The average Bonchev–Trinajstić information content (AvgIpc) is 2.84. The Bertz CT molecular complexity index is 1200. The second kappa shape index (κ2) is 11.2. The van der Waals surface area contributed by atoms with E-state index in [1.165, 1.54) is 24.3 Å². The Labute approximate surface area is 200 Å². The van der Waals surface area contributed by atoms with Crippen LogP contribution < -0.4 is 14.4 Å². The molecule has 180 valence electrons. The Balaban J connectivity index is 1.96. The van der Waals surface area contributed by atoms with Crippen molar-refractivity contribution < 1.29 is 22.3 Å². The Kier molecular flexibility index (Phi) is 8.28. The molecule has 0 radical (unpaired) electrons. The minimum atomic E-state index is -4.12. The van der Waals surface area contributed by atoms with E-state index in [1.807, 2.05) is 39.0 Å². The number of halogens is 1. The number of nitrogens with one attached hydrogen (secondary N) is 1. The van der Waals surface area contributed by atoms with E-state index in [0.717, 1.165) is 40.4 Å². The quantitative estimate of drug-likeness (QED) is 0.430. The summed E-state index contributed by atoms with van der Waals surface area (Å²) < 4.78 is 47.0. The lowest BCUT2D eigenvalue weighted by molar-refractivity contribution is -0.114. The Hall–Kier alpha value is -3.39. The van der Waals surface area contributed by atoms with E-state index in [9.17, 15) is 17.6 Å². The molecule has 1 amide bonds. The van der Waals surface area contributed by atoms with Gasteiger partial charge in [0.2, 0.25) is 5.91 Å². The highest BCUT2D eigenvalue weighted by molar-refractivity contribution is 7.92. The number of sulfonamides is 1. The number of hydrogen-bond donors (Lipinski definition) is 1. The molecular weight excluding hydrogens is 455 g/mol. The second-order valence-electron chi connectivity index (χ2n) is 7.60. The molecule has 0 heterocycles. The van der Waals surface area contributed by atoms with Crippen molar-refractivity contribution in [2.75, 3.05) is 22.8 Å². The number of carbonyl (C=O) groups excluding carboxylic acids is 1. The van der Waals surface area contributed by atoms with E-state index in [-0.39, 0.29) is 10.6 Å². The van der Waals surface area contributed by atoms with Crippen LogP contribution in [0.25, 0.3) is 0 Å². The zero-order valence-electron chi connectivity index (χ0n) is 19.5. The molecule has 0 aliphatic carbocycles. The van der Waals surface area contributed by atoms with Gasteiger partial charge < -0.3 is 10.1 Å². The zero-order valence-corrected chi connectivity index (χ0v) is 20.4. The lowest BCUT2D eigenvalue weighted by atomic mass is 10.0. The third-order valence-electron chi connectivity index (χ3n) is 5.39. The van der Waals surface area contributed by atoms with E-state index in [1.54, 1.807) is 12.1 Å². The highest BCUT2D eigenvalue weighted by Crippen LogP contribution is 2.27. The summed E-state index contributed by atoms with van der Waals surface area (Å²) in [6, 6.07) is 16.8. The predicted octanol–water partition coefficient (Wildman–Crippen LogP) is 5.18. The summed E-state index contributed by atoms with van der Waals surface area (Å²) in [5.74, 6) is -0.457. The van der Waals surface area contributed by atoms with Gasteiger partial charge >= 0.3 is 0 Å². The van der Waals surface area contributed by atoms with Gasteiger partial charge in [-0.2, -0.15) is 0 Å². The number of amides is 1. The van der Waals surface area contributed by atoms with Crippen LogP contribution in [0.15, 0.2) is 71.6 Å². The summed E-state index contributed by atoms with van der Waals surface area (Å²) in [6.45, 7) is 5.80. The number of rotatable bonds is 10. The molecule has 3 aromatic rings. The standard InChI is InChI=1S/C26H29FN2O4S/c1-4-19-8-7-9-20(5-2)26(19)28-25(30)18-29(22-12-10-21(27)11-13-22)34(31,32)24-16-14-23(15-17-24)33-6-3/h7-17H,4-6,18H2,1-3H3,(H,28,30). The normalized spacial score (nSPS) is 11.2. The maximum atomic E-state index is 13.5. The maximum Gasteiger partial charge on any atom is 0.264 e. The van der Waals surface area contributed by atoms with Crippen LogP contribution in [-0.4, -0.2) is 27.5 Å². The molecule has 1 N–H and O–H groups in total. The largest absolute Gasteiger partial charge is 0.494 e. The molecule has 0 spiro atoms. The summed E-state index contributed by atoms with van der Waals surface area (Å²) in [5.41, 5.74) is 2.82. The average molecular weight is 485 g/mol. The fourth-order valence-electron chi connectivity index (χ4n) is 3.64. The molecule has 0 aromatic heterocycles. The monoisotopic (exact) mass is 484 g/mol. The maximum absolute atomic E-state index is 13.5. The summed E-state index contributed by atoms with van der Waals surface area (Å²) >= 11 is 0. The summed E-state index contributed by atoms with van der Waals surface area (Å²) in [4.78, 5) is 13.1. The highest BCUT2D eigenvalue weighted by atomic mass is 32.2. The molecule has 3 rings (SSSR count). The van der Waals surface area contributed by atoms with Gasteiger partial charge in [-0.25, -0.2) is 12.8 Å². The van der Waals surface area contributed by atoms with Crippen molar-refractivity contribution in [3.8, 4) is 5.75 Å². The number of carbonyl (C=O) groups is 1. The Morgan fingerprint density at radius 1 is 0.912 bits per heavy atom. The van der Waals surface area contributed by atoms with Gasteiger partial charge in [0.25, 0.3) is 10.0 Å². The van der Waals surface area contributed by atoms with Crippen molar-refractivity contribution in [3.05, 3.63) is 83.7 Å². The molecule has 0 atom stereocenters. The molecule has 0 saturated heterocycles. The van der Waals surface area contributed by atoms with Crippen LogP contribution in [0.1, 0.15) is 31.9 Å². The second-order valence-corrected chi connectivity index (χ2v) is 9.46.